The second-order valence-corrected chi connectivity index (χ2v) is 7.62. The Balaban J connectivity index is 2.31. The van der Waals surface area contributed by atoms with E-state index in [9.17, 15) is 8.42 Å². The zero-order chi connectivity index (χ0) is 12.7. The van der Waals surface area contributed by atoms with E-state index < -0.39 is 9.84 Å². The van der Waals surface area contributed by atoms with E-state index in [1.54, 1.807) is 0 Å². The first-order chi connectivity index (χ1) is 8.07. The van der Waals surface area contributed by atoms with Gasteiger partial charge in [-0.2, -0.15) is 0 Å². The van der Waals surface area contributed by atoms with E-state index in [-0.39, 0.29) is 0 Å². The third kappa shape index (κ3) is 6.07. The van der Waals surface area contributed by atoms with E-state index in [2.05, 4.69) is 4.90 Å². The molecule has 102 valence electrons. The van der Waals surface area contributed by atoms with E-state index in [4.69, 9.17) is 11.6 Å². The summed E-state index contributed by atoms with van der Waals surface area (Å²) in [6.07, 6.45) is 4.19. The van der Waals surface area contributed by atoms with Crippen molar-refractivity contribution in [3.8, 4) is 0 Å². The third-order valence-electron chi connectivity index (χ3n) is 3.35. The number of nitrogens with zero attached hydrogens (tertiary/aromatic N) is 1. The van der Waals surface area contributed by atoms with Crippen LogP contribution in [-0.4, -0.2) is 50.3 Å². The molecule has 5 heteroatoms. The SMILES string of the molecule is CCCS(=O)(=O)CCN1CCCC(CCCl)C1. The molecule has 0 N–H and O–H groups in total. The number of alkyl halides is 1. The third-order valence-corrected chi connectivity index (χ3v) is 5.41. The molecule has 0 aromatic rings. The van der Waals surface area contributed by atoms with Crippen LogP contribution in [0.2, 0.25) is 0 Å². The van der Waals surface area contributed by atoms with Crippen LogP contribution in [0, 0.1) is 5.92 Å². The molecule has 1 atom stereocenters. The largest absolute Gasteiger partial charge is 0.302 e. The van der Waals surface area contributed by atoms with Crippen molar-refractivity contribution in [3.63, 3.8) is 0 Å². The molecule has 0 bridgehead atoms. The Kier molecular flexibility index (Phi) is 6.82. The topological polar surface area (TPSA) is 37.4 Å². The van der Waals surface area contributed by atoms with Crippen LogP contribution in [0.4, 0.5) is 0 Å². The predicted octanol–water partition coefficient (Wildman–Crippen LogP) is 2.15. The molecule has 3 nitrogen and oxygen atoms in total. The Morgan fingerprint density at radius 2 is 2.12 bits per heavy atom. The van der Waals surface area contributed by atoms with E-state index in [0.29, 0.717) is 29.8 Å². The van der Waals surface area contributed by atoms with Crippen molar-refractivity contribution >= 4 is 21.4 Å². The highest BCUT2D eigenvalue weighted by Crippen LogP contribution is 2.19. The molecule has 1 saturated heterocycles. The van der Waals surface area contributed by atoms with Gasteiger partial charge in [-0.15, -0.1) is 11.6 Å². The van der Waals surface area contributed by atoms with Crippen molar-refractivity contribution in [2.45, 2.75) is 32.6 Å². The van der Waals surface area contributed by atoms with Gasteiger partial charge in [0.2, 0.25) is 0 Å². The van der Waals surface area contributed by atoms with Crippen LogP contribution in [0.15, 0.2) is 0 Å². The van der Waals surface area contributed by atoms with E-state index >= 15 is 0 Å². The monoisotopic (exact) mass is 281 g/mol. The van der Waals surface area contributed by atoms with Gasteiger partial charge in [0.1, 0.15) is 0 Å². The Hall–Kier alpha value is 0.200. The number of sulfone groups is 1. The first-order valence-corrected chi connectivity index (χ1v) is 8.91. The van der Waals surface area contributed by atoms with Gasteiger partial charge < -0.3 is 4.90 Å². The van der Waals surface area contributed by atoms with Gasteiger partial charge in [0, 0.05) is 24.7 Å². The standard InChI is InChI=1S/C12H24ClNO2S/c1-2-9-17(15,16)10-8-14-7-3-4-12(11-14)5-6-13/h12H,2-11H2,1H3. The molecule has 17 heavy (non-hydrogen) atoms. The van der Waals surface area contributed by atoms with Crippen LogP contribution in [0.1, 0.15) is 32.6 Å². The van der Waals surface area contributed by atoms with Crippen LogP contribution >= 0.6 is 11.6 Å². The van der Waals surface area contributed by atoms with Crippen LogP contribution in [0.3, 0.4) is 0 Å². The van der Waals surface area contributed by atoms with Crippen LogP contribution in [0.5, 0.6) is 0 Å². The maximum absolute atomic E-state index is 11.6. The minimum Gasteiger partial charge on any atom is -0.302 e. The molecule has 1 aliphatic heterocycles. The van der Waals surface area contributed by atoms with Gasteiger partial charge in [-0.05, 0) is 38.1 Å². The molecular weight excluding hydrogens is 258 g/mol. The molecule has 0 aromatic heterocycles. The summed E-state index contributed by atoms with van der Waals surface area (Å²) in [6, 6.07) is 0. The first kappa shape index (κ1) is 15.3. The van der Waals surface area contributed by atoms with Crippen molar-refractivity contribution < 1.29 is 8.42 Å². The van der Waals surface area contributed by atoms with Gasteiger partial charge in [0.05, 0.1) is 5.75 Å². The molecule has 0 aromatic carbocycles. The zero-order valence-electron chi connectivity index (χ0n) is 10.7. The molecule has 0 amide bonds. The Morgan fingerprint density at radius 1 is 1.35 bits per heavy atom. The predicted molar refractivity (Wildman–Crippen MR) is 73.4 cm³/mol. The maximum Gasteiger partial charge on any atom is 0.151 e. The highest BCUT2D eigenvalue weighted by Gasteiger charge is 2.20. The second kappa shape index (κ2) is 7.59. The van der Waals surface area contributed by atoms with Gasteiger partial charge in [-0.3, -0.25) is 0 Å². The van der Waals surface area contributed by atoms with Crippen molar-refractivity contribution in [1.82, 2.24) is 4.90 Å². The molecule has 1 heterocycles. The minimum atomic E-state index is -2.83. The molecule has 1 rings (SSSR count). The van der Waals surface area contributed by atoms with E-state index in [1.807, 2.05) is 6.92 Å². The van der Waals surface area contributed by atoms with Gasteiger partial charge in [0.25, 0.3) is 0 Å². The van der Waals surface area contributed by atoms with Crippen LogP contribution in [-0.2, 0) is 9.84 Å². The lowest BCUT2D eigenvalue weighted by molar-refractivity contribution is 0.181. The van der Waals surface area contributed by atoms with E-state index in [0.717, 1.165) is 25.9 Å². The Bertz CT molecular complexity index is 304. The molecule has 1 unspecified atom stereocenters. The number of halogens is 1. The van der Waals surface area contributed by atoms with Gasteiger partial charge in [-0.25, -0.2) is 8.42 Å². The number of piperidine rings is 1. The lowest BCUT2D eigenvalue weighted by Gasteiger charge is -2.32. The highest BCUT2D eigenvalue weighted by atomic mass is 35.5. The summed E-state index contributed by atoms with van der Waals surface area (Å²) in [5.41, 5.74) is 0. The van der Waals surface area contributed by atoms with Crippen molar-refractivity contribution in [3.05, 3.63) is 0 Å². The smallest absolute Gasteiger partial charge is 0.151 e. The quantitative estimate of drug-likeness (QED) is 0.671. The Morgan fingerprint density at radius 3 is 2.76 bits per heavy atom. The highest BCUT2D eigenvalue weighted by molar-refractivity contribution is 7.91. The molecule has 0 aliphatic carbocycles. The van der Waals surface area contributed by atoms with Gasteiger partial charge in [-0.1, -0.05) is 6.92 Å². The molecule has 0 spiro atoms. The number of hydrogen-bond acceptors (Lipinski definition) is 3. The average molecular weight is 282 g/mol. The summed E-state index contributed by atoms with van der Waals surface area (Å²) in [7, 11) is -2.83. The number of likely N-dealkylation sites (tertiary alicyclic amines) is 1. The van der Waals surface area contributed by atoms with Crippen molar-refractivity contribution in [2.75, 3.05) is 37.0 Å². The van der Waals surface area contributed by atoms with Crippen molar-refractivity contribution in [1.29, 1.82) is 0 Å². The van der Waals surface area contributed by atoms with Gasteiger partial charge in [0.15, 0.2) is 9.84 Å². The van der Waals surface area contributed by atoms with E-state index in [1.165, 1.54) is 12.8 Å². The second-order valence-electron chi connectivity index (χ2n) is 4.94. The first-order valence-electron chi connectivity index (χ1n) is 6.56. The minimum absolute atomic E-state index is 0.314. The normalized spacial score (nSPS) is 22.8. The summed E-state index contributed by atoms with van der Waals surface area (Å²) < 4.78 is 23.3. The fraction of sp³-hybridized carbons (Fsp3) is 1.00. The molecule has 1 fully saturated rings. The number of rotatable bonds is 7. The van der Waals surface area contributed by atoms with Crippen LogP contribution in [0.25, 0.3) is 0 Å². The molecule has 0 saturated carbocycles. The lowest BCUT2D eigenvalue weighted by Crippen LogP contribution is -2.38. The summed E-state index contributed by atoms with van der Waals surface area (Å²) in [5.74, 6) is 2.02. The summed E-state index contributed by atoms with van der Waals surface area (Å²) >= 11 is 5.76. The fourth-order valence-electron chi connectivity index (χ4n) is 2.43. The average Bonchev–Trinajstić information content (AvgIpc) is 2.28. The molecule has 0 radical (unpaired) electrons. The fourth-order valence-corrected chi connectivity index (χ4v) is 4.10. The Labute approximate surface area is 110 Å². The molecule has 1 aliphatic rings. The lowest BCUT2D eigenvalue weighted by atomic mass is 9.96. The number of hydrogen-bond donors (Lipinski definition) is 0. The van der Waals surface area contributed by atoms with Crippen molar-refractivity contribution in [2.24, 2.45) is 5.92 Å². The molecular formula is C12H24ClNO2S. The summed E-state index contributed by atoms with van der Waals surface area (Å²) in [5, 5.41) is 0. The summed E-state index contributed by atoms with van der Waals surface area (Å²) in [6.45, 7) is 4.67. The maximum atomic E-state index is 11.6. The zero-order valence-corrected chi connectivity index (χ0v) is 12.3. The summed E-state index contributed by atoms with van der Waals surface area (Å²) in [4.78, 5) is 2.29. The van der Waals surface area contributed by atoms with Crippen LogP contribution < -0.4 is 0 Å². The van der Waals surface area contributed by atoms with Gasteiger partial charge >= 0.3 is 0 Å².